The number of carbonyl (C=O) groups excluding carboxylic acids is 2. The van der Waals surface area contributed by atoms with Crippen molar-refractivity contribution in [3.8, 4) is 0 Å². The molecule has 1 N–H and O–H groups in total. The molecule has 2 amide bonds. The van der Waals surface area contributed by atoms with E-state index in [-0.39, 0.29) is 24.0 Å². The maximum absolute atomic E-state index is 13.0. The Morgan fingerprint density at radius 2 is 1.67 bits per heavy atom. The molecule has 0 aromatic heterocycles. The zero-order chi connectivity index (χ0) is 21.3. The van der Waals surface area contributed by atoms with E-state index < -0.39 is 0 Å². The summed E-state index contributed by atoms with van der Waals surface area (Å²) in [4.78, 5) is 29.7. The van der Waals surface area contributed by atoms with Crippen molar-refractivity contribution in [2.24, 2.45) is 0 Å². The van der Waals surface area contributed by atoms with Crippen LogP contribution < -0.4 is 5.32 Å². The predicted molar refractivity (Wildman–Crippen MR) is 120 cm³/mol. The lowest BCUT2D eigenvalue weighted by Gasteiger charge is -2.41. The number of benzene rings is 2. The molecule has 1 atom stereocenters. The summed E-state index contributed by atoms with van der Waals surface area (Å²) in [5.74, 6) is -0.361. The highest BCUT2D eigenvalue weighted by atomic mass is 35.5. The van der Waals surface area contributed by atoms with Crippen molar-refractivity contribution in [3.63, 3.8) is 0 Å². The third-order valence-electron chi connectivity index (χ3n) is 5.91. The summed E-state index contributed by atoms with van der Waals surface area (Å²) in [6.45, 7) is 3.68. The Balaban J connectivity index is 1.45. The normalized spacial score (nSPS) is 18.6. The van der Waals surface area contributed by atoms with Crippen molar-refractivity contribution in [1.82, 2.24) is 9.80 Å². The summed E-state index contributed by atoms with van der Waals surface area (Å²) in [6, 6.07) is 12.8. The van der Waals surface area contributed by atoms with Crippen LogP contribution in [-0.2, 0) is 0 Å². The number of halogens is 2. The predicted octanol–water partition coefficient (Wildman–Crippen LogP) is 5.29. The van der Waals surface area contributed by atoms with Crippen LogP contribution in [-0.4, -0.2) is 46.9 Å². The number of rotatable bonds is 6. The van der Waals surface area contributed by atoms with Crippen LogP contribution in [0.5, 0.6) is 0 Å². The monoisotopic (exact) mass is 445 g/mol. The smallest absolute Gasteiger partial charge is 0.262 e. The molecule has 2 heterocycles. The van der Waals surface area contributed by atoms with Crippen molar-refractivity contribution in [1.29, 1.82) is 0 Å². The molecule has 5 nitrogen and oxygen atoms in total. The second-order valence-electron chi connectivity index (χ2n) is 7.87. The van der Waals surface area contributed by atoms with Gasteiger partial charge < -0.3 is 5.32 Å². The molecule has 2 aromatic rings. The second-order valence-corrected chi connectivity index (χ2v) is 8.72. The van der Waals surface area contributed by atoms with Gasteiger partial charge >= 0.3 is 0 Å². The maximum Gasteiger partial charge on any atom is 0.262 e. The highest BCUT2D eigenvalue weighted by molar-refractivity contribution is 6.35. The molecule has 0 radical (unpaired) electrons. The molecule has 1 fully saturated rings. The van der Waals surface area contributed by atoms with E-state index in [0.717, 1.165) is 44.5 Å². The van der Waals surface area contributed by atoms with Gasteiger partial charge in [-0.2, -0.15) is 0 Å². The van der Waals surface area contributed by atoms with Crippen molar-refractivity contribution in [3.05, 3.63) is 63.6 Å². The fourth-order valence-corrected chi connectivity index (χ4v) is 4.73. The van der Waals surface area contributed by atoms with Crippen LogP contribution in [0, 0.1) is 0 Å². The van der Waals surface area contributed by atoms with E-state index >= 15 is 0 Å². The zero-order valence-electron chi connectivity index (χ0n) is 16.9. The third-order valence-corrected chi connectivity index (χ3v) is 6.47. The number of amides is 2. The molecule has 1 unspecified atom stereocenters. The Hall–Kier alpha value is -2.08. The molecule has 30 heavy (non-hydrogen) atoms. The lowest BCUT2D eigenvalue weighted by Crippen LogP contribution is -2.54. The number of fused-ring (bicyclic) bond motifs is 1. The molecule has 0 bridgehead atoms. The minimum Gasteiger partial charge on any atom is -0.381 e. The molecule has 0 saturated carbocycles. The van der Waals surface area contributed by atoms with E-state index in [0.29, 0.717) is 21.2 Å². The third kappa shape index (κ3) is 4.07. The van der Waals surface area contributed by atoms with Gasteiger partial charge in [-0.1, -0.05) is 48.7 Å². The average molecular weight is 446 g/mol. The van der Waals surface area contributed by atoms with Gasteiger partial charge in [0, 0.05) is 24.2 Å². The number of piperidine rings is 1. The van der Waals surface area contributed by atoms with Crippen LogP contribution in [0.25, 0.3) is 0 Å². The second kappa shape index (κ2) is 8.96. The Morgan fingerprint density at radius 1 is 1.03 bits per heavy atom. The number of hydrogen-bond donors (Lipinski definition) is 1. The number of nitrogens with zero attached hydrogens (tertiary/aromatic N) is 2. The summed E-state index contributed by atoms with van der Waals surface area (Å²) in [5, 5.41) is 4.79. The molecule has 0 aliphatic carbocycles. The quantitative estimate of drug-likeness (QED) is 0.613. The van der Waals surface area contributed by atoms with E-state index in [1.54, 1.807) is 36.4 Å². The first-order valence-electron chi connectivity index (χ1n) is 10.4. The van der Waals surface area contributed by atoms with Crippen LogP contribution in [0.1, 0.15) is 53.3 Å². The molecule has 0 spiro atoms. The first-order valence-corrected chi connectivity index (χ1v) is 11.2. The lowest BCUT2D eigenvalue weighted by molar-refractivity contribution is 0.0214. The molecule has 1 saturated heterocycles. The Morgan fingerprint density at radius 3 is 2.27 bits per heavy atom. The van der Waals surface area contributed by atoms with E-state index in [1.807, 2.05) is 6.07 Å². The number of imide groups is 1. The van der Waals surface area contributed by atoms with Gasteiger partial charge in [0.1, 0.15) is 0 Å². The van der Waals surface area contributed by atoms with E-state index in [4.69, 9.17) is 23.2 Å². The Kier molecular flexibility index (Phi) is 6.32. The molecule has 4 rings (SSSR count). The minimum atomic E-state index is -0.210. The molecule has 2 aromatic carbocycles. The van der Waals surface area contributed by atoms with Gasteiger partial charge in [-0.3, -0.25) is 19.4 Å². The fraction of sp³-hybridized carbons (Fsp3) is 0.391. The first-order chi connectivity index (χ1) is 14.5. The summed E-state index contributed by atoms with van der Waals surface area (Å²) in [6.07, 6.45) is 3.24. The average Bonchev–Trinajstić information content (AvgIpc) is 3.00. The molecular formula is C23H25Cl2N3O2. The highest BCUT2D eigenvalue weighted by Gasteiger charge is 2.42. The number of hydrogen-bond acceptors (Lipinski definition) is 4. The maximum atomic E-state index is 13.0. The number of carbonyl (C=O) groups is 2. The van der Waals surface area contributed by atoms with Crippen molar-refractivity contribution in [2.45, 2.75) is 44.8 Å². The first kappa shape index (κ1) is 21.2. The van der Waals surface area contributed by atoms with Crippen molar-refractivity contribution in [2.75, 3.05) is 18.4 Å². The van der Waals surface area contributed by atoms with Crippen molar-refractivity contribution < 1.29 is 9.59 Å². The standard InChI is InChI=1S/C23H25Cl2N3O2/c1-2-5-21(28-22(29)17-6-3-4-7-18(17)23(28)30)27-12-10-16(11-13-27)26-20-14-15(24)8-9-19(20)25/h3-4,6-9,14,16,21,26H,2,5,10-13H2,1H3. The molecule has 2 aliphatic rings. The Bertz CT molecular complexity index is 922. The number of anilines is 1. The Labute approximate surface area is 186 Å². The highest BCUT2D eigenvalue weighted by Crippen LogP contribution is 2.31. The molecule has 2 aliphatic heterocycles. The summed E-state index contributed by atoms with van der Waals surface area (Å²) in [5.41, 5.74) is 1.86. The van der Waals surface area contributed by atoms with E-state index in [1.165, 1.54) is 4.90 Å². The van der Waals surface area contributed by atoms with E-state index in [2.05, 4.69) is 17.1 Å². The topological polar surface area (TPSA) is 52.6 Å². The van der Waals surface area contributed by atoms with Gasteiger partial charge in [-0.05, 0) is 49.6 Å². The van der Waals surface area contributed by atoms with Crippen molar-refractivity contribution >= 4 is 40.7 Å². The van der Waals surface area contributed by atoms with Crippen LogP contribution >= 0.6 is 23.2 Å². The zero-order valence-corrected chi connectivity index (χ0v) is 18.4. The SMILES string of the molecule is CCCC(N1CCC(Nc2cc(Cl)ccc2Cl)CC1)N1C(=O)c2ccccc2C1=O. The van der Waals surface area contributed by atoms with Gasteiger partial charge in [0.2, 0.25) is 0 Å². The fourth-order valence-electron chi connectivity index (χ4n) is 4.38. The van der Waals surface area contributed by atoms with Gasteiger partial charge in [0.25, 0.3) is 11.8 Å². The van der Waals surface area contributed by atoms with Gasteiger partial charge in [0.05, 0.1) is 28.0 Å². The summed E-state index contributed by atoms with van der Waals surface area (Å²) < 4.78 is 0. The van der Waals surface area contributed by atoms with Crippen LogP contribution in [0.15, 0.2) is 42.5 Å². The summed E-state index contributed by atoms with van der Waals surface area (Å²) in [7, 11) is 0. The largest absolute Gasteiger partial charge is 0.381 e. The van der Waals surface area contributed by atoms with Crippen LogP contribution in [0.4, 0.5) is 5.69 Å². The number of nitrogens with one attached hydrogen (secondary N) is 1. The summed E-state index contributed by atoms with van der Waals surface area (Å²) >= 11 is 12.4. The molecular weight excluding hydrogens is 421 g/mol. The number of likely N-dealkylation sites (tertiary alicyclic amines) is 1. The molecule has 158 valence electrons. The van der Waals surface area contributed by atoms with Gasteiger partial charge in [-0.25, -0.2) is 0 Å². The van der Waals surface area contributed by atoms with Gasteiger partial charge in [0.15, 0.2) is 0 Å². The van der Waals surface area contributed by atoms with Crippen LogP contribution in [0.2, 0.25) is 10.0 Å². The lowest BCUT2D eigenvalue weighted by atomic mass is 10.0. The van der Waals surface area contributed by atoms with E-state index in [9.17, 15) is 9.59 Å². The van der Waals surface area contributed by atoms with Gasteiger partial charge in [-0.15, -0.1) is 0 Å². The minimum absolute atomic E-state index is 0.181. The molecule has 7 heteroatoms. The van der Waals surface area contributed by atoms with Crippen LogP contribution in [0.3, 0.4) is 0 Å².